The molecule has 92 valence electrons. The van der Waals surface area contributed by atoms with Gasteiger partial charge in [0.15, 0.2) is 5.71 Å². The van der Waals surface area contributed by atoms with Crippen molar-refractivity contribution in [3.63, 3.8) is 0 Å². The molecule has 1 aromatic rings. The first-order valence-corrected chi connectivity index (χ1v) is 5.31. The van der Waals surface area contributed by atoms with Gasteiger partial charge >= 0.3 is 5.97 Å². The van der Waals surface area contributed by atoms with Crippen LogP contribution in [0.25, 0.3) is 0 Å². The number of nitrogens with zero attached hydrogens (tertiary/aromatic N) is 1. The summed E-state index contributed by atoms with van der Waals surface area (Å²) in [4.78, 5) is 11.0. The van der Waals surface area contributed by atoms with Crippen LogP contribution < -0.4 is 24.0 Å². The predicted molar refractivity (Wildman–Crippen MR) is 63.0 cm³/mol. The average molecular weight is 345 g/mol. The van der Waals surface area contributed by atoms with Gasteiger partial charge in [0, 0.05) is 18.6 Å². The minimum absolute atomic E-state index is 0. The lowest BCUT2D eigenvalue weighted by molar-refractivity contribution is -0.403. The number of rotatable bonds is 1. The number of carbonyl (C=O) groups is 1. The molecule has 0 atom stereocenters. The van der Waals surface area contributed by atoms with Gasteiger partial charge in [-0.2, -0.15) is 0 Å². The van der Waals surface area contributed by atoms with Crippen LogP contribution in [0.1, 0.15) is 36.7 Å². The summed E-state index contributed by atoms with van der Waals surface area (Å²) in [7, 11) is 2.02. The molecule has 4 heteroatoms. The quantitative estimate of drug-likeness (QED) is 0.546. The number of carboxylic acids is 1. The zero-order chi connectivity index (χ0) is 12.1. The van der Waals surface area contributed by atoms with Crippen molar-refractivity contribution in [2.75, 3.05) is 7.05 Å². The first-order chi connectivity index (χ1) is 7.35. The van der Waals surface area contributed by atoms with Crippen LogP contribution in [-0.4, -0.2) is 28.4 Å². The van der Waals surface area contributed by atoms with E-state index in [0.717, 1.165) is 11.3 Å². The fourth-order valence-corrected chi connectivity index (χ4v) is 2.26. The van der Waals surface area contributed by atoms with E-state index in [-0.39, 0.29) is 29.4 Å². The lowest BCUT2D eigenvalue weighted by atomic mass is 9.81. The van der Waals surface area contributed by atoms with Gasteiger partial charge in [0.25, 0.3) is 0 Å². The molecule has 0 aliphatic carbocycles. The maximum Gasteiger partial charge on any atom is 0.335 e. The zero-order valence-corrected chi connectivity index (χ0v) is 12.6. The summed E-state index contributed by atoms with van der Waals surface area (Å²) < 4.78 is 2.13. The topological polar surface area (TPSA) is 40.3 Å². The molecular formula is C13H16INO2. The second-order valence-corrected chi connectivity index (χ2v) is 4.81. The van der Waals surface area contributed by atoms with Gasteiger partial charge in [-0.05, 0) is 26.0 Å². The maximum absolute atomic E-state index is 11.0. The highest BCUT2D eigenvalue weighted by Crippen LogP contribution is 2.39. The molecule has 17 heavy (non-hydrogen) atoms. The van der Waals surface area contributed by atoms with Crippen molar-refractivity contribution in [3.05, 3.63) is 29.3 Å². The van der Waals surface area contributed by atoms with Gasteiger partial charge in [-0.25, -0.2) is 9.37 Å². The Morgan fingerprint density at radius 1 is 1.35 bits per heavy atom. The van der Waals surface area contributed by atoms with Gasteiger partial charge in [0.1, 0.15) is 7.05 Å². The molecule has 1 aromatic carbocycles. The molecule has 0 aromatic heterocycles. The lowest BCUT2D eigenvalue weighted by Crippen LogP contribution is -3.00. The number of benzene rings is 1. The second-order valence-electron chi connectivity index (χ2n) is 4.81. The number of fused-ring (bicyclic) bond motifs is 1. The fourth-order valence-electron chi connectivity index (χ4n) is 2.26. The zero-order valence-electron chi connectivity index (χ0n) is 10.4. The van der Waals surface area contributed by atoms with E-state index in [0.29, 0.717) is 5.56 Å². The Hall–Kier alpha value is -0.910. The van der Waals surface area contributed by atoms with Crippen molar-refractivity contribution in [1.82, 2.24) is 0 Å². The number of halogens is 1. The maximum atomic E-state index is 11.0. The van der Waals surface area contributed by atoms with Crippen molar-refractivity contribution in [1.29, 1.82) is 0 Å². The molecule has 3 nitrogen and oxygen atoms in total. The van der Waals surface area contributed by atoms with Crippen LogP contribution in [0.4, 0.5) is 5.69 Å². The van der Waals surface area contributed by atoms with Crippen LogP contribution in [-0.2, 0) is 5.41 Å². The van der Waals surface area contributed by atoms with Crippen molar-refractivity contribution < 1.29 is 38.5 Å². The van der Waals surface area contributed by atoms with E-state index in [1.165, 1.54) is 5.71 Å². The minimum atomic E-state index is -0.870. The SMILES string of the molecule is CC1=[N+](C)c2ccc(C(=O)O)cc2C1(C)C.[I-]. The van der Waals surface area contributed by atoms with Crippen LogP contribution in [0.3, 0.4) is 0 Å². The third kappa shape index (κ3) is 1.99. The van der Waals surface area contributed by atoms with E-state index in [9.17, 15) is 4.79 Å². The summed E-state index contributed by atoms with van der Waals surface area (Å²) in [6.07, 6.45) is 0. The lowest BCUT2D eigenvalue weighted by Gasteiger charge is -2.15. The highest BCUT2D eigenvalue weighted by molar-refractivity contribution is 5.95. The Kier molecular flexibility index (Phi) is 3.66. The fraction of sp³-hybridized carbons (Fsp3) is 0.385. The van der Waals surface area contributed by atoms with E-state index in [4.69, 9.17) is 5.11 Å². The summed E-state index contributed by atoms with van der Waals surface area (Å²) in [6.45, 7) is 6.33. The molecule has 0 spiro atoms. The summed E-state index contributed by atoms with van der Waals surface area (Å²) >= 11 is 0. The number of hydrogen-bond donors (Lipinski definition) is 1. The molecule has 0 unspecified atom stereocenters. The van der Waals surface area contributed by atoms with Crippen molar-refractivity contribution in [2.45, 2.75) is 26.2 Å². The molecule has 0 fully saturated rings. The van der Waals surface area contributed by atoms with Crippen molar-refractivity contribution >= 4 is 17.4 Å². The first-order valence-electron chi connectivity index (χ1n) is 5.31. The molecule has 2 rings (SSSR count). The summed E-state index contributed by atoms with van der Waals surface area (Å²) in [5, 5.41) is 9.00. The molecular weight excluding hydrogens is 329 g/mol. The molecule has 0 saturated heterocycles. The third-order valence-corrected chi connectivity index (χ3v) is 3.69. The Balaban J connectivity index is 0.00000144. The van der Waals surface area contributed by atoms with Gasteiger partial charge < -0.3 is 29.1 Å². The first kappa shape index (κ1) is 14.2. The molecule has 0 radical (unpaired) electrons. The standard InChI is InChI=1S/C13H15NO2.HI/c1-8-13(2,3)10-7-9(12(15)16)5-6-11(10)14(8)4;/h5-7H,1-4H3;1H. The Labute approximate surface area is 118 Å². The third-order valence-electron chi connectivity index (χ3n) is 3.69. The average Bonchev–Trinajstić information content (AvgIpc) is 2.40. The summed E-state index contributed by atoms with van der Waals surface area (Å²) in [5.74, 6) is -0.870. The van der Waals surface area contributed by atoms with Crippen LogP contribution in [0.2, 0.25) is 0 Å². The minimum Gasteiger partial charge on any atom is -1.00 e. The van der Waals surface area contributed by atoms with E-state index in [2.05, 4.69) is 25.3 Å². The number of carboxylic acid groups (broad SMARTS) is 1. The van der Waals surface area contributed by atoms with Gasteiger partial charge in [-0.3, -0.25) is 0 Å². The Bertz CT molecular complexity index is 518. The van der Waals surface area contributed by atoms with Crippen molar-refractivity contribution in [3.8, 4) is 0 Å². The Morgan fingerprint density at radius 2 is 1.94 bits per heavy atom. The predicted octanol–water partition coefficient (Wildman–Crippen LogP) is -0.585. The largest absolute Gasteiger partial charge is 1.00 e. The summed E-state index contributed by atoms with van der Waals surface area (Å²) in [6, 6.07) is 5.33. The molecule has 1 heterocycles. The molecule has 1 aliphatic rings. The number of aromatic carboxylic acids is 1. The number of hydrogen-bond acceptors (Lipinski definition) is 1. The van der Waals surface area contributed by atoms with Crippen LogP contribution in [0.15, 0.2) is 18.2 Å². The van der Waals surface area contributed by atoms with Gasteiger partial charge in [0.05, 0.1) is 11.0 Å². The van der Waals surface area contributed by atoms with Crippen LogP contribution >= 0.6 is 0 Å². The Morgan fingerprint density at radius 3 is 2.47 bits per heavy atom. The highest BCUT2D eigenvalue weighted by Gasteiger charge is 2.41. The molecule has 1 aliphatic heterocycles. The second kappa shape index (κ2) is 4.40. The molecule has 0 amide bonds. The van der Waals surface area contributed by atoms with E-state index in [1.807, 2.05) is 13.1 Å². The van der Waals surface area contributed by atoms with E-state index < -0.39 is 5.97 Å². The van der Waals surface area contributed by atoms with Crippen molar-refractivity contribution in [2.24, 2.45) is 0 Å². The monoisotopic (exact) mass is 345 g/mol. The molecule has 1 N–H and O–H groups in total. The van der Waals surface area contributed by atoms with Gasteiger partial charge in [0.2, 0.25) is 5.69 Å². The van der Waals surface area contributed by atoms with Crippen LogP contribution in [0.5, 0.6) is 0 Å². The smallest absolute Gasteiger partial charge is 0.335 e. The molecule has 0 saturated carbocycles. The van der Waals surface area contributed by atoms with E-state index >= 15 is 0 Å². The van der Waals surface area contributed by atoms with Gasteiger partial charge in [-0.1, -0.05) is 0 Å². The van der Waals surface area contributed by atoms with Gasteiger partial charge in [-0.15, -0.1) is 0 Å². The molecule has 0 bridgehead atoms. The normalized spacial score (nSPS) is 16.5. The van der Waals surface area contributed by atoms with Crippen LogP contribution in [0, 0.1) is 0 Å². The van der Waals surface area contributed by atoms with E-state index in [1.54, 1.807) is 12.1 Å². The summed E-state index contributed by atoms with van der Waals surface area (Å²) in [5.41, 5.74) is 3.70. The highest BCUT2D eigenvalue weighted by atomic mass is 127.